The second-order valence-corrected chi connectivity index (χ2v) is 16.6. The second kappa shape index (κ2) is 17.6. The van der Waals surface area contributed by atoms with Crippen LogP contribution in [0.4, 0.5) is 11.4 Å². The molecule has 0 atom stereocenters. The molecule has 24 heteroatoms. The van der Waals surface area contributed by atoms with E-state index in [9.17, 15) is 35.7 Å². The van der Waals surface area contributed by atoms with Crippen molar-refractivity contribution in [1.29, 1.82) is 0 Å². The fourth-order valence-corrected chi connectivity index (χ4v) is 9.00. The highest BCUT2D eigenvalue weighted by Gasteiger charge is 2.34. The maximum Gasteiger partial charge on any atom is 0.119 e. The zero-order chi connectivity index (χ0) is 51.8. The summed E-state index contributed by atoms with van der Waals surface area (Å²) in [5, 5.41) is 81.0. The van der Waals surface area contributed by atoms with Crippen LogP contribution in [0.25, 0.3) is 54.9 Å². The molecule has 0 heterocycles. The lowest BCUT2D eigenvalue weighted by atomic mass is 9.61. The molecule has 0 spiro atoms. The smallest absolute Gasteiger partial charge is 0.119 e. The Kier molecular flexibility index (Phi) is 13.0. The molecule has 0 saturated carbocycles. The van der Waals surface area contributed by atoms with Gasteiger partial charge < -0.3 is 40.6 Å². The summed E-state index contributed by atoms with van der Waals surface area (Å²) in [5.74, 6) is -5.35. The fourth-order valence-electron chi connectivity index (χ4n) is 9.00. The Balaban J connectivity index is 1.76. The molecule has 7 aromatic rings. The standard InChI is InChI=1S/C45H23B16NO7/c1-6-7(2)62(37-8(3)9(4)39(63)32(57)30(37)55)38-21(46)10(5)11(22(47)29(38)54)12-14-16(42(66)35(60)33(58)40(14)64)13(17-15(12)41(65)34(59)36(61)43(17)67)18-23(48)24(49)19(44(68)26(18)51)20-25(50)27(52)28(53)31(56)45(20)69/h63-69H,2,6H2,1,3-5H3. The SMILES string of the molecule is [B]c1c([B])c([B])c(-c2c([B])c([B])c(-c3c4c(O)c([B])c([B])c(O)c4c(-c4c([B])c([B])c(N(C(=C)CC)c5c([B])c([B])c(O)c(C)c5C)c([B])c4C)c4c(O)c([B])c([B])c(O)c34)c([B])c2O)c(O)c1[B]. The topological polar surface area (TPSA) is 145 Å². The molecular weight excluding hydrogens is 839 g/mol. The van der Waals surface area contributed by atoms with E-state index in [0.717, 1.165) is 0 Å². The normalized spacial score (nSPS) is 11.5. The molecule has 0 bridgehead atoms. The van der Waals surface area contributed by atoms with Gasteiger partial charge in [-0.25, -0.2) is 0 Å². The van der Waals surface area contributed by atoms with E-state index in [0.29, 0.717) is 23.2 Å². The van der Waals surface area contributed by atoms with Crippen molar-refractivity contribution in [3.8, 4) is 73.6 Å². The Morgan fingerprint density at radius 3 is 1.07 bits per heavy atom. The summed E-state index contributed by atoms with van der Waals surface area (Å²) in [7, 11) is 104. The Hall–Kier alpha value is -5.76. The van der Waals surface area contributed by atoms with Gasteiger partial charge in [-0.3, -0.25) is 0 Å². The van der Waals surface area contributed by atoms with Crippen molar-refractivity contribution in [3.05, 3.63) is 29.0 Å². The number of rotatable bonds is 7. The van der Waals surface area contributed by atoms with Gasteiger partial charge in [-0.2, -0.15) is 0 Å². The minimum atomic E-state index is -0.914. The fraction of sp³-hybridized carbons (Fsp3) is 0.111. The van der Waals surface area contributed by atoms with Crippen molar-refractivity contribution in [2.24, 2.45) is 0 Å². The molecule has 298 valence electrons. The average Bonchev–Trinajstić information content (AvgIpc) is 3.32. The summed E-state index contributed by atoms with van der Waals surface area (Å²) in [4.78, 5) is 1.54. The molecule has 0 aliphatic carbocycles. The summed E-state index contributed by atoms with van der Waals surface area (Å²) in [6.45, 7) is 10.9. The van der Waals surface area contributed by atoms with Gasteiger partial charge in [0.15, 0.2) is 0 Å². The highest BCUT2D eigenvalue weighted by molar-refractivity contribution is 6.66. The van der Waals surface area contributed by atoms with Crippen molar-refractivity contribution in [2.75, 3.05) is 4.90 Å². The highest BCUT2D eigenvalue weighted by atomic mass is 16.3. The minimum Gasteiger partial charge on any atom is -0.508 e. The number of hydrogen-bond donors (Lipinski definition) is 7. The van der Waals surface area contributed by atoms with Crippen LogP contribution in [-0.2, 0) is 0 Å². The molecule has 32 radical (unpaired) electrons. The molecule has 8 nitrogen and oxygen atoms in total. The van der Waals surface area contributed by atoms with Crippen LogP contribution < -0.4 is 92.3 Å². The monoisotopic (exact) mass is 865 g/mol. The number of phenols is 7. The van der Waals surface area contributed by atoms with E-state index in [1.807, 2.05) is 0 Å². The number of allylic oxidation sites excluding steroid dienone is 1. The molecule has 0 fully saturated rings. The van der Waals surface area contributed by atoms with E-state index < -0.39 is 122 Å². The average molecular weight is 863 g/mol. The van der Waals surface area contributed by atoms with Crippen LogP contribution in [0.1, 0.15) is 30.0 Å². The third-order valence-corrected chi connectivity index (χ3v) is 13.1. The van der Waals surface area contributed by atoms with Gasteiger partial charge >= 0.3 is 0 Å². The van der Waals surface area contributed by atoms with Gasteiger partial charge in [-0.05, 0) is 60.5 Å². The van der Waals surface area contributed by atoms with Gasteiger partial charge in [0.1, 0.15) is 166 Å². The van der Waals surface area contributed by atoms with Crippen molar-refractivity contribution < 1.29 is 35.7 Å². The van der Waals surface area contributed by atoms with Crippen LogP contribution in [0.15, 0.2) is 12.3 Å². The van der Waals surface area contributed by atoms with E-state index in [1.54, 1.807) is 25.7 Å². The summed E-state index contributed by atoms with van der Waals surface area (Å²) in [6, 6.07) is 0. The van der Waals surface area contributed by atoms with Crippen LogP contribution in [0.5, 0.6) is 40.2 Å². The van der Waals surface area contributed by atoms with Gasteiger partial charge in [-0.1, -0.05) is 84.5 Å². The first-order valence-corrected chi connectivity index (χ1v) is 20.5. The Labute approximate surface area is 421 Å². The van der Waals surface area contributed by atoms with E-state index >= 15 is 0 Å². The van der Waals surface area contributed by atoms with Gasteiger partial charge in [0.2, 0.25) is 0 Å². The zero-order valence-corrected chi connectivity index (χ0v) is 37.7. The van der Waals surface area contributed by atoms with E-state index in [-0.39, 0.29) is 77.5 Å². The van der Waals surface area contributed by atoms with Crippen LogP contribution in [0, 0.1) is 20.8 Å². The summed E-state index contributed by atoms with van der Waals surface area (Å²) >= 11 is 0. The van der Waals surface area contributed by atoms with Gasteiger partial charge in [-0.15, -0.1) is 10.9 Å². The van der Waals surface area contributed by atoms with Crippen LogP contribution in [-0.4, -0.2) is 161 Å². The summed E-state index contributed by atoms with van der Waals surface area (Å²) in [6.07, 6.45) is 0.292. The molecule has 7 aromatic carbocycles. The molecule has 69 heavy (non-hydrogen) atoms. The number of phenolic OH excluding ortho intramolecular Hbond substituents is 7. The second-order valence-electron chi connectivity index (χ2n) is 16.6. The first kappa shape index (κ1) is 51.1. The number of benzene rings is 7. The summed E-state index contributed by atoms with van der Waals surface area (Å²) in [5.41, 5.74) is -6.97. The summed E-state index contributed by atoms with van der Waals surface area (Å²) < 4.78 is 0. The molecule has 0 aliphatic heterocycles. The van der Waals surface area contributed by atoms with Crippen molar-refractivity contribution in [1.82, 2.24) is 0 Å². The van der Waals surface area contributed by atoms with Gasteiger partial charge in [0.25, 0.3) is 0 Å². The quantitative estimate of drug-likeness (QED) is 0.0477. The van der Waals surface area contributed by atoms with Crippen LogP contribution >= 0.6 is 0 Å². The molecule has 0 aliphatic rings. The third-order valence-electron chi connectivity index (χ3n) is 13.1. The predicted molar refractivity (Wildman–Crippen MR) is 298 cm³/mol. The molecule has 0 unspecified atom stereocenters. The van der Waals surface area contributed by atoms with Crippen LogP contribution in [0.2, 0.25) is 0 Å². The van der Waals surface area contributed by atoms with E-state index in [2.05, 4.69) is 6.58 Å². The minimum absolute atomic E-state index is 0.0425. The van der Waals surface area contributed by atoms with Crippen molar-refractivity contribution in [3.63, 3.8) is 0 Å². The highest BCUT2D eigenvalue weighted by Crippen LogP contribution is 2.52. The predicted octanol–water partition coefficient (Wildman–Crippen LogP) is -8.38. The lowest BCUT2D eigenvalue weighted by Gasteiger charge is -2.37. The maximum atomic E-state index is 12.3. The third kappa shape index (κ3) is 6.95. The molecular formula is C45H23B16NO7. The Morgan fingerprint density at radius 2 is 0.638 bits per heavy atom. The molecule has 7 N–H and O–H groups in total. The van der Waals surface area contributed by atoms with Gasteiger partial charge in [0, 0.05) is 60.9 Å². The number of nitrogens with zero attached hydrogens (tertiary/aromatic N) is 1. The number of fused-ring (bicyclic) bond motifs is 2. The zero-order valence-electron chi connectivity index (χ0n) is 37.7. The van der Waals surface area contributed by atoms with E-state index in [1.165, 1.54) is 6.92 Å². The lowest BCUT2D eigenvalue weighted by molar-refractivity contribution is 0.474. The molecule has 0 amide bonds. The largest absolute Gasteiger partial charge is 0.508 e. The Morgan fingerprint density at radius 1 is 0.319 bits per heavy atom. The number of anilines is 2. The lowest BCUT2D eigenvalue weighted by Crippen LogP contribution is -2.49. The number of aromatic hydroxyl groups is 7. The Bertz CT molecular complexity index is 3350. The van der Waals surface area contributed by atoms with Crippen LogP contribution in [0.3, 0.4) is 0 Å². The maximum absolute atomic E-state index is 12.3. The molecule has 0 aromatic heterocycles. The number of hydrogen-bond acceptors (Lipinski definition) is 8. The molecule has 7 rings (SSSR count). The van der Waals surface area contributed by atoms with Gasteiger partial charge in [0.05, 0.1) is 0 Å². The molecule has 0 saturated heterocycles. The van der Waals surface area contributed by atoms with Crippen molar-refractivity contribution >= 4 is 246 Å². The first-order valence-electron chi connectivity index (χ1n) is 20.5. The first-order chi connectivity index (χ1) is 32.0. The van der Waals surface area contributed by atoms with E-state index in [4.69, 9.17) is 126 Å². The van der Waals surface area contributed by atoms with Crippen molar-refractivity contribution in [2.45, 2.75) is 34.1 Å².